The number of pyridine rings is 1. The average Bonchev–Trinajstić information content (AvgIpc) is 2.56. The van der Waals surface area contributed by atoms with E-state index in [9.17, 15) is 14.9 Å². The number of nitrogens with zero attached hydrogens (tertiary/aromatic N) is 3. The molecule has 0 aliphatic heterocycles. The number of rotatable bonds is 8. The molecule has 0 aliphatic carbocycles. The fourth-order valence-electron chi connectivity index (χ4n) is 1.66. The Balaban J connectivity index is 2.50. The number of aromatic nitrogens is 1. The minimum Gasteiger partial charge on any atom is -0.448 e. The van der Waals surface area contributed by atoms with Gasteiger partial charge in [-0.15, -0.1) is 0 Å². The summed E-state index contributed by atoms with van der Waals surface area (Å²) in [6.45, 7) is 10.3. The maximum Gasteiger partial charge on any atom is 0.409 e. The molecule has 1 unspecified atom stereocenters. The number of hydrogen-bond acceptors (Lipinski definition) is 7. The van der Waals surface area contributed by atoms with Gasteiger partial charge in [0.1, 0.15) is 17.8 Å². The first-order valence-electron chi connectivity index (χ1n) is 7.89. The van der Waals surface area contributed by atoms with E-state index in [0.717, 1.165) is 0 Å². The summed E-state index contributed by atoms with van der Waals surface area (Å²) in [6, 6.07) is 3.13. The highest BCUT2D eigenvalue weighted by molar-refractivity contribution is 8.77. The zero-order valence-electron chi connectivity index (χ0n) is 15.4. The van der Waals surface area contributed by atoms with Crippen LogP contribution < -0.4 is 0 Å². The first-order chi connectivity index (χ1) is 11.5. The average molecular weight is 388 g/mol. The number of carbonyl (C=O) groups excluding carboxylic acids is 1. The van der Waals surface area contributed by atoms with Crippen molar-refractivity contribution in [2.45, 2.75) is 50.4 Å². The summed E-state index contributed by atoms with van der Waals surface area (Å²) in [5.41, 5.74) is -0.0372. The monoisotopic (exact) mass is 387 g/mol. The molecule has 0 aromatic carbocycles. The van der Waals surface area contributed by atoms with Crippen LogP contribution in [0.15, 0.2) is 23.4 Å². The lowest BCUT2D eigenvalue weighted by atomic mass is 10.1. The van der Waals surface area contributed by atoms with Crippen LogP contribution in [0.3, 0.4) is 0 Å². The fraction of sp³-hybridized carbons (Fsp3) is 0.625. The number of carbonyl (C=O) groups is 1. The first-order valence-corrected chi connectivity index (χ1v) is 10.0. The molecular formula is C16H25N3O4S2. The van der Waals surface area contributed by atoms with Crippen LogP contribution in [0.2, 0.25) is 0 Å². The van der Waals surface area contributed by atoms with E-state index in [2.05, 4.69) is 18.8 Å². The van der Waals surface area contributed by atoms with Gasteiger partial charge in [-0.2, -0.15) is 0 Å². The van der Waals surface area contributed by atoms with E-state index in [4.69, 9.17) is 4.74 Å². The van der Waals surface area contributed by atoms with Gasteiger partial charge >= 0.3 is 6.09 Å². The molecule has 0 radical (unpaired) electrons. The van der Waals surface area contributed by atoms with E-state index < -0.39 is 4.92 Å². The summed E-state index contributed by atoms with van der Waals surface area (Å²) in [4.78, 5) is 27.9. The van der Waals surface area contributed by atoms with E-state index in [-0.39, 0.29) is 29.2 Å². The van der Waals surface area contributed by atoms with Gasteiger partial charge in [0, 0.05) is 19.2 Å². The molecule has 0 aliphatic rings. The van der Waals surface area contributed by atoms with Crippen LogP contribution >= 0.6 is 21.6 Å². The van der Waals surface area contributed by atoms with Gasteiger partial charge in [0.25, 0.3) is 5.69 Å². The minimum atomic E-state index is -0.480. The Morgan fingerprint density at radius 3 is 2.52 bits per heavy atom. The molecule has 7 nitrogen and oxygen atoms in total. The second-order valence-corrected chi connectivity index (χ2v) is 9.54. The van der Waals surface area contributed by atoms with Crippen molar-refractivity contribution in [2.24, 2.45) is 5.92 Å². The molecule has 0 saturated carbocycles. The van der Waals surface area contributed by atoms with E-state index in [1.165, 1.54) is 33.9 Å². The van der Waals surface area contributed by atoms with Crippen LogP contribution in [0.5, 0.6) is 0 Å². The second-order valence-electron chi connectivity index (χ2n) is 6.69. The van der Waals surface area contributed by atoms with Crippen molar-refractivity contribution in [3.63, 3.8) is 0 Å². The maximum absolute atomic E-state index is 12.1. The Bertz CT molecular complexity index is 594. The zero-order valence-corrected chi connectivity index (χ0v) is 17.0. The third kappa shape index (κ3) is 7.11. The molecule has 0 bridgehead atoms. The highest BCUT2D eigenvalue weighted by atomic mass is 33.1. The third-order valence-corrected chi connectivity index (χ3v) is 6.87. The lowest BCUT2D eigenvalue weighted by molar-refractivity contribution is -0.385. The molecule has 1 heterocycles. The van der Waals surface area contributed by atoms with Gasteiger partial charge in [0.05, 0.1) is 9.67 Å². The fourth-order valence-corrected chi connectivity index (χ4v) is 3.67. The minimum absolute atomic E-state index is 0.0372. The maximum atomic E-state index is 12.1. The quantitative estimate of drug-likeness (QED) is 0.365. The predicted molar refractivity (Wildman–Crippen MR) is 102 cm³/mol. The lowest BCUT2D eigenvalue weighted by Gasteiger charge is -2.29. The molecule has 1 aromatic rings. The molecule has 1 aromatic heterocycles. The topological polar surface area (TPSA) is 85.6 Å². The van der Waals surface area contributed by atoms with Crippen molar-refractivity contribution in [2.75, 3.05) is 13.7 Å². The number of nitro groups is 1. The Hall–Kier alpha value is -1.48. The normalized spacial score (nSPS) is 12.8. The zero-order chi connectivity index (χ0) is 19.2. The van der Waals surface area contributed by atoms with Crippen LogP contribution in [0.25, 0.3) is 0 Å². The van der Waals surface area contributed by atoms with Crippen molar-refractivity contribution in [3.8, 4) is 0 Å². The Kier molecular flexibility index (Phi) is 8.01. The summed E-state index contributed by atoms with van der Waals surface area (Å²) in [6.07, 6.45) is 0.895. The summed E-state index contributed by atoms with van der Waals surface area (Å²) in [5, 5.41) is 11.3. The summed E-state index contributed by atoms with van der Waals surface area (Å²) >= 11 is 0. The molecule has 140 valence electrons. The Morgan fingerprint density at radius 2 is 2.04 bits per heavy atom. The van der Waals surface area contributed by atoms with Gasteiger partial charge in [-0.1, -0.05) is 24.6 Å². The number of amides is 1. The van der Waals surface area contributed by atoms with Gasteiger partial charge in [-0.05, 0) is 43.5 Å². The Morgan fingerprint density at radius 1 is 1.40 bits per heavy atom. The van der Waals surface area contributed by atoms with Gasteiger partial charge in [0.2, 0.25) is 0 Å². The molecule has 9 heteroatoms. The van der Waals surface area contributed by atoms with Crippen LogP contribution in [-0.4, -0.2) is 45.3 Å². The van der Waals surface area contributed by atoms with E-state index in [1.54, 1.807) is 18.0 Å². The summed E-state index contributed by atoms with van der Waals surface area (Å²) in [5.74, 6) is 0.351. The molecule has 1 rings (SSSR count). The lowest BCUT2D eigenvalue weighted by Crippen LogP contribution is -2.40. The molecular weight excluding hydrogens is 362 g/mol. The van der Waals surface area contributed by atoms with Crippen molar-refractivity contribution < 1.29 is 14.5 Å². The standard InChI is InChI=1S/C16H25N3O4S2/c1-11(2)12(3)18(6)15(20)23-10-16(4,5)25-24-14-8-7-13(9-17-14)19(21)22/h7-9,11-12H,10H2,1-6H3. The SMILES string of the molecule is CC(C)C(C)N(C)C(=O)OCC(C)(C)SSc1ccc([N+](=O)[O-])cn1. The Labute approximate surface area is 156 Å². The van der Waals surface area contributed by atoms with Crippen molar-refractivity contribution in [3.05, 3.63) is 28.4 Å². The van der Waals surface area contributed by atoms with Crippen molar-refractivity contribution in [1.82, 2.24) is 9.88 Å². The summed E-state index contributed by atoms with van der Waals surface area (Å²) < 4.78 is 5.09. The van der Waals surface area contributed by atoms with Crippen LogP contribution in [0, 0.1) is 16.0 Å². The molecule has 0 saturated heterocycles. The first kappa shape index (κ1) is 21.6. The van der Waals surface area contributed by atoms with E-state index in [0.29, 0.717) is 10.9 Å². The van der Waals surface area contributed by atoms with Crippen LogP contribution in [0.1, 0.15) is 34.6 Å². The molecule has 1 atom stereocenters. The van der Waals surface area contributed by atoms with Crippen LogP contribution in [-0.2, 0) is 4.74 Å². The van der Waals surface area contributed by atoms with Gasteiger partial charge < -0.3 is 9.64 Å². The number of ether oxygens (including phenoxy) is 1. The highest BCUT2D eigenvalue weighted by Crippen LogP contribution is 2.40. The van der Waals surface area contributed by atoms with Crippen molar-refractivity contribution >= 4 is 33.4 Å². The number of hydrogen-bond donors (Lipinski definition) is 0. The largest absolute Gasteiger partial charge is 0.448 e. The van der Waals surface area contributed by atoms with E-state index >= 15 is 0 Å². The third-order valence-electron chi connectivity index (χ3n) is 3.69. The second kappa shape index (κ2) is 9.28. The molecule has 1 amide bonds. The highest BCUT2D eigenvalue weighted by Gasteiger charge is 2.25. The summed E-state index contributed by atoms with van der Waals surface area (Å²) in [7, 11) is 4.64. The van der Waals surface area contributed by atoms with Gasteiger partial charge in [-0.25, -0.2) is 9.78 Å². The smallest absolute Gasteiger partial charge is 0.409 e. The molecule has 0 spiro atoms. The molecule has 0 fully saturated rings. The predicted octanol–water partition coefficient (Wildman–Crippen LogP) is 4.62. The van der Waals surface area contributed by atoms with Crippen molar-refractivity contribution in [1.29, 1.82) is 0 Å². The van der Waals surface area contributed by atoms with Gasteiger partial charge in [-0.3, -0.25) is 10.1 Å². The van der Waals surface area contributed by atoms with Gasteiger partial charge in [0.15, 0.2) is 0 Å². The molecule has 0 N–H and O–H groups in total. The molecule has 25 heavy (non-hydrogen) atoms. The van der Waals surface area contributed by atoms with E-state index in [1.807, 2.05) is 20.8 Å². The van der Waals surface area contributed by atoms with Crippen LogP contribution in [0.4, 0.5) is 10.5 Å².